The third-order valence-electron chi connectivity index (χ3n) is 3.24. The van der Waals surface area contributed by atoms with Crippen molar-refractivity contribution < 1.29 is 0 Å². The molecule has 1 aliphatic heterocycles. The number of fused-ring (bicyclic) bond motifs is 1. The lowest BCUT2D eigenvalue weighted by atomic mass is 10.1. The van der Waals surface area contributed by atoms with E-state index in [9.17, 15) is 0 Å². The number of thioether (sulfide) groups is 3. The van der Waals surface area contributed by atoms with Gasteiger partial charge in [0.2, 0.25) is 0 Å². The van der Waals surface area contributed by atoms with Crippen LogP contribution >= 0.6 is 35.3 Å². The van der Waals surface area contributed by atoms with Gasteiger partial charge in [0.05, 0.1) is 0 Å². The Balaban J connectivity index is 1.70. The predicted molar refractivity (Wildman–Crippen MR) is 97.4 cm³/mol. The Morgan fingerprint density at radius 2 is 1.65 bits per heavy atom. The topological polar surface area (TPSA) is 0 Å². The first-order valence-corrected chi connectivity index (χ1v) is 9.98. The Labute approximate surface area is 133 Å². The first kappa shape index (κ1) is 14.4. The highest BCUT2D eigenvalue weighted by atomic mass is 32.2. The number of hydrogen-bond acceptors (Lipinski definition) is 3. The maximum absolute atomic E-state index is 4.11. The molecule has 1 heterocycles. The summed E-state index contributed by atoms with van der Waals surface area (Å²) in [6, 6.07) is 15.4. The first-order chi connectivity index (χ1) is 9.81. The molecule has 0 aliphatic carbocycles. The van der Waals surface area contributed by atoms with Crippen molar-refractivity contribution in [1.29, 1.82) is 0 Å². The summed E-state index contributed by atoms with van der Waals surface area (Å²) in [4.78, 5) is 1.40. The fourth-order valence-corrected chi connectivity index (χ4v) is 6.17. The molecule has 20 heavy (non-hydrogen) atoms. The highest BCUT2D eigenvalue weighted by Gasteiger charge is 2.14. The molecule has 3 rings (SSSR count). The fourth-order valence-electron chi connectivity index (χ4n) is 2.26. The second-order valence-electron chi connectivity index (χ2n) is 5.03. The Hall–Kier alpha value is -0.510. The summed E-state index contributed by atoms with van der Waals surface area (Å²) >= 11 is 6.10. The summed E-state index contributed by atoms with van der Waals surface area (Å²) < 4.78 is 0. The van der Waals surface area contributed by atoms with Gasteiger partial charge in [0.25, 0.3) is 0 Å². The maximum Gasteiger partial charge on any atom is 0.0276 e. The van der Waals surface area contributed by atoms with E-state index < -0.39 is 0 Å². The van der Waals surface area contributed by atoms with E-state index in [4.69, 9.17) is 0 Å². The van der Waals surface area contributed by atoms with Crippen molar-refractivity contribution in [1.82, 2.24) is 0 Å². The van der Waals surface area contributed by atoms with Gasteiger partial charge in [-0.15, -0.1) is 11.8 Å². The number of hydrogen-bond donors (Lipinski definition) is 0. The van der Waals surface area contributed by atoms with Gasteiger partial charge in [-0.1, -0.05) is 42.5 Å². The maximum atomic E-state index is 4.11. The summed E-state index contributed by atoms with van der Waals surface area (Å²) in [6.07, 6.45) is 0. The quantitative estimate of drug-likeness (QED) is 0.686. The second-order valence-corrected chi connectivity index (χ2v) is 8.46. The molecule has 0 N–H and O–H groups in total. The van der Waals surface area contributed by atoms with E-state index >= 15 is 0 Å². The molecule has 2 aromatic rings. The van der Waals surface area contributed by atoms with Crippen molar-refractivity contribution in [2.45, 2.75) is 10.1 Å². The normalized spacial score (nSPS) is 17.9. The Morgan fingerprint density at radius 1 is 0.950 bits per heavy atom. The van der Waals surface area contributed by atoms with Crippen molar-refractivity contribution >= 4 is 46.1 Å². The average molecular weight is 319 g/mol. The Morgan fingerprint density at radius 3 is 2.40 bits per heavy atom. The standard InChI is InChI=1S/C17H18S3/c1-13-9-18-11-17(12-19-10-13)20-16-7-6-14-4-2-3-5-15(14)8-16/h2-8,17H,1,9-12H2. The van der Waals surface area contributed by atoms with Gasteiger partial charge in [-0.2, -0.15) is 23.5 Å². The molecule has 0 aromatic heterocycles. The van der Waals surface area contributed by atoms with Crippen LogP contribution in [0.2, 0.25) is 0 Å². The number of benzene rings is 2. The van der Waals surface area contributed by atoms with Crippen LogP contribution < -0.4 is 0 Å². The van der Waals surface area contributed by atoms with Crippen LogP contribution in [0.1, 0.15) is 0 Å². The molecule has 0 nitrogen and oxygen atoms in total. The summed E-state index contributed by atoms with van der Waals surface area (Å²) in [6.45, 7) is 4.11. The van der Waals surface area contributed by atoms with Crippen LogP contribution in [-0.4, -0.2) is 28.3 Å². The molecule has 1 fully saturated rings. The molecule has 0 radical (unpaired) electrons. The van der Waals surface area contributed by atoms with Gasteiger partial charge in [0.1, 0.15) is 0 Å². The Kier molecular flexibility index (Phi) is 5.03. The van der Waals surface area contributed by atoms with Gasteiger partial charge < -0.3 is 0 Å². The lowest BCUT2D eigenvalue weighted by Gasteiger charge is -2.19. The highest BCUT2D eigenvalue weighted by Crippen LogP contribution is 2.32. The number of rotatable bonds is 2. The first-order valence-electron chi connectivity index (χ1n) is 6.79. The predicted octanol–water partition coefficient (Wildman–Crippen LogP) is 5.34. The molecule has 1 aliphatic rings. The largest absolute Gasteiger partial charge is 0.156 e. The van der Waals surface area contributed by atoms with Crippen LogP contribution in [0.5, 0.6) is 0 Å². The molecule has 0 bridgehead atoms. The van der Waals surface area contributed by atoms with Gasteiger partial charge in [-0.05, 0) is 22.9 Å². The van der Waals surface area contributed by atoms with Crippen molar-refractivity contribution in [3.8, 4) is 0 Å². The second kappa shape index (κ2) is 6.97. The smallest absolute Gasteiger partial charge is 0.0276 e. The molecule has 0 unspecified atom stereocenters. The van der Waals surface area contributed by atoms with Crippen LogP contribution in [0, 0.1) is 0 Å². The van der Waals surface area contributed by atoms with Gasteiger partial charge >= 0.3 is 0 Å². The molecule has 0 saturated carbocycles. The minimum atomic E-state index is 0.708. The molecule has 0 spiro atoms. The van der Waals surface area contributed by atoms with E-state index in [1.165, 1.54) is 32.7 Å². The average Bonchev–Trinajstić information content (AvgIpc) is 2.44. The van der Waals surface area contributed by atoms with E-state index in [1.807, 2.05) is 35.3 Å². The van der Waals surface area contributed by atoms with Crippen LogP contribution in [0.15, 0.2) is 59.5 Å². The van der Waals surface area contributed by atoms with Crippen molar-refractivity contribution in [2.24, 2.45) is 0 Å². The van der Waals surface area contributed by atoms with Crippen LogP contribution in [0.25, 0.3) is 10.8 Å². The zero-order chi connectivity index (χ0) is 13.8. The molecule has 104 valence electrons. The van der Waals surface area contributed by atoms with E-state index in [1.54, 1.807) is 0 Å². The molecular formula is C17H18S3. The summed E-state index contributed by atoms with van der Waals surface area (Å²) in [5.41, 5.74) is 1.38. The molecule has 1 saturated heterocycles. The van der Waals surface area contributed by atoms with E-state index in [2.05, 4.69) is 49.0 Å². The third-order valence-corrected chi connectivity index (χ3v) is 7.36. The molecule has 0 amide bonds. The molecule has 0 atom stereocenters. The minimum absolute atomic E-state index is 0.708. The zero-order valence-corrected chi connectivity index (χ0v) is 13.8. The van der Waals surface area contributed by atoms with Gasteiger partial charge in [-0.25, -0.2) is 0 Å². The fraction of sp³-hybridized carbons (Fsp3) is 0.294. The SMILES string of the molecule is C=C1CSCC(Sc2ccc3ccccc3c2)CSC1. The van der Waals surface area contributed by atoms with E-state index in [-0.39, 0.29) is 0 Å². The van der Waals surface area contributed by atoms with Crippen LogP contribution in [0.3, 0.4) is 0 Å². The van der Waals surface area contributed by atoms with Gasteiger partial charge in [-0.3, -0.25) is 0 Å². The minimum Gasteiger partial charge on any atom is -0.156 e. The molecule has 3 heteroatoms. The summed E-state index contributed by atoms with van der Waals surface area (Å²) in [5, 5.41) is 3.38. The van der Waals surface area contributed by atoms with Gasteiger partial charge in [0, 0.05) is 33.2 Å². The zero-order valence-electron chi connectivity index (χ0n) is 11.4. The summed E-state index contributed by atoms with van der Waals surface area (Å²) in [7, 11) is 0. The monoisotopic (exact) mass is 318 g/mol. The molecular weight excluding hydrogens is 300 g/mol. The van der Waals surface area contributed by atoms with E-state index in [0.717, 1.165) is 11.5 Å². The van der Waals surface area contributed by atoms with Crippen molar-refractivity contribution in [3.05, 3.63) is 54.6 Å². The van der Waals surface area contributed by atoms with E-state index in [0.29, 0.717) is 5.25 Å². The lowest BCUT2D eigenvalue weighted by Crippen LogP contribution is -2.13. The highest BCUT2D eigenvalue weighted by molar-refractivity contribution is 8.05. The summed E-state index contributed by atoms with van der Waals surface area (Å²) in [5.74, 6) is 4.70. The van der Waals surface area contributed by atoms with Crippen LogP contribution in [-0.2, 0) is 0 Å². The lowest BCUT2D eigenvalue weighted by molar-refractivity contribution is 1.13. The third kappa shape index (κ3) is 3.78. The van der Waals surface area contributed by atoms with Crippen molar-refractivity contribution in [2.75, 3.05) is 23.0 Å². The van der Waals surface area contributed by atoms with Crippen LogP contribution in [0.4, 0.5) is 0 Å². The van der Waals surface area contributed by atoms with Gasteiger partial charge in [0.15, 0.2) is 0 Å². The molecule has 2 aromatic carbocycles. The Bertz CT molecular complexity index is 594. The van der Waals surface area contributed by atoms with Crippen molar-refractivity contribution in [3.63, 3.8) is 0 Å².